The highest BCUT2D eigenvalue weighted by molar-refractivity contribution is 5.79. The second-order valence-corrected chi connectivity index (χ2v) is 5.41. The Morgan fingerprint density at radius 3 is 2.65 bits per heavy atom. The summed E-state index contributed by atoms with van der Waals surface area (Å²) in [4.78, 5) is 35.0. The molecule has 0 aliphatic carbocycles. The Labute approximate surface area is 116 Å². The second-order valence-electron chi connectivity index (χ2n) is 5.41. The molecule has 20 heavy (non-hydrogen) atoms. The summed E-state index contributed by atoms with van der Waals surface area (Å²) >= 11 is 0. The molecular weight excluding hydrogens is 266 g/mol. The molecule has 5 N–H and O–H groups in total. The van der Waals surface area contributed by atoms with Crippen molar-refractivity contribution >= 4 is 17.9 Å². The van der Waals surface area contributed by atoms with E-state index >= 15 is 0 Å². The van der Waals surface area contributed by atoms with Gasteiger partial charge in [0.25, 0.3) is 0 Å². The van der Waals surface area contributed by atoms with Gasteiger partial charge >= 0.3 is 12.0 Å². The third-order valence-electron chi connectivity index (χ3n) is 3.26. The van der Waals surface area contributed by atoms with Crippen molar-refractivity contribution in [2.24, 2.45) is 11.7 Å². The average Bonchev–Trinajstić information content (AvgIpc) is 2.34. The highest BCUT2D eigenvalue weighted by Crippen LogP contribution is 2.16. The van der Waals surface area contributed by atoms with Gasteiger partial charge in [0.1, 0.15) is 0 Å². The van der Waals surface area contributed by atoms with Crippen molar-refractivity contribution in [1.29, 1.82) is 0 Å². The highest BCUT2D eigenvalue weighted by atomic mass is 16.4. The predicted molar refractivity (Wildman–Crippen MR) is 69.8 cm³/mol. The number of nitrogens with two attached hydrogens (primary N) is 1. The molecule has 8 heteroatoms. The lowest BCUT2D eigenvalue weighted by Gasteiger charge is -2.32. The molecule has 1 saturated heterocycles. The largest absolute Gasteiger partial charge is 0.481 e. The lowest BCUT2D eigenvalue weighted by atomic mass is 9.98. The van der Waals surface area contributed by atoms with E-state index < -0.39 is 29.9 Å². The lowest BCUT2D eigenvalue weighted by Crippen LogP contribution is -2.51. The molecule has 0 spiro atoms. The molecule has 1 aliphatic rings. The zero-order valence-corrected chi connectivity index (χ0v) is 11.5. The number of primary amides is 1. The molecule has 0 aromatic rings. The zero-order valence-electron chi connectivity index (χ0n) is 11.5. The number of rotatable bonds is 5. The number of carbonyl (C=O) groups excluding carboxylic acids is 2. The summed E-state index contributed by atoms with van der Waals surface area (Å²) in [5, 5.41) is 20.9. The fourth-order valence-corrected chi connectivity index (χ4v) is 2.16. The highest BCUT2D eigenvalue weighted by Gasteiger charge is 2.29. The fourth-order valence-electron chi connectivity index (χ4n) is 2.16. The Bertz CT molecular complexity index is 397. The molecule has 2 unspecified atom stereocenters. The smallest absolute Gasteiger partial charge is 0.317 e. The van der Waals surface area contributed by atoms with Gasteiger partial charge in [-0.3, -0.25) is 9.59 Å². The number of nitrogens with one attached hydrogen (secondary N) is 1. The third kappa shape index (κ3) is 5.04. The first-order chi connectivity index (χ1) is 9.21. The van der Waals surface area contributed by atoms with Crippen molar-refractivity contribution in [2.75, 3.05) is 19.6 Å². The van der Waals surface area contributed by atoms with E-state index in [9.17, 15) is 19.5 Å². The van der Waals surface area contributed by atoms with Crippen LogP contribution in [0.5, 0.6) is 0 Å². The number of piperidine rings is 1. The van der Waals surface area contributed by atoms with Gasteiger partial charge in [-0.1, -0.05) is 0 Å². The van der Waals surface area contributed by atoms with Crippen LogP contribution in [0.2, 0.25) is 0 Å². The van der Waals surface area contributed by atoms with Gasteiger partial charge in [-0.05, 0) is 19.8 Å². The van der Waals surface area contributed by atoms with Crippen LogP contribution in [-0.2, 0) is 9.59 Å². The minimum atomic E-state index is -1.51. The molecule has 0 saturated carbocycles. The lowest BCUT2D eigenvalue weighted by molar-refractivity contribution is -0.141. The van der Waals surface area contributed by atoms with E-state index in [1.54, 1.807) is 0 Å². The minimum Gasteiger partial charge on any atom is -0.481 e. The Kier molecular flexibility index (Phi) is 5.32. The molecule has 0 aromatic heterocycles. The molecule has 1 aliphatic heterocycles. The number of carboxylic acids is 1. The third-order valence-corrected chi connectivity index (χ3v) is 3.26. The number of hydrogen-bond donors (Lipinski definition) is 4. The number of urea groups is 1. The van der Waals surface area contributed by atoms with Gasteiger partial charge in [0.15, 0.2) is 0 Å². The molecule has 8 nitrogen and oxygen atoms in total. The quantitative estimate of drug-likeness (QED) is 0.521. The van der Waals surface area contributed by atoms with E-state index in [0.717, 1.165) is 0 Å². The van der Waals surface area contributed by atoms with E-state index in [0.29, 0.717) is 19.4 Å². The number of aliphatic hydroxyl groups is 1. The van der Waals surface area contributed by atoms with Crippen molar-refractivity contribution in [3.63, 3.8) is 0 Å². The van der Waals surface area contributed by atoms with Gasteiger partial charge in [0, 0.05) is 19.6 Å². The Morgan fingerprint density at radius 1 is 1.45 bits per heavy atom. The average molecular weight is 287 g/mol. The topological polar surface area (TPSA) is 133 Å². The summed E-state index contributed by atoms with van der Waals surface area (Å²) in [6, 6.07) is -0.429. The summed E-state index contributed by atoms with van der Waals surface area (Å²) in [7, 11) is 0. The van der Waals surface area contributed by atoms with Crippen LogP contribution in [-0.4, -0.2) is 58.3 Å². The summed E-state index contributed by atoms with van der Waals surface area (Å²) in [5.74, 6) is -1.93. The Morgan fingerprint density at radius 2 is 2.10 bits per heavy atom. The van der Waals surface area contributed by atoms with Crippen LogP contribution in [0.25, 0.3) is 0 Å². The van der Waals surface area contributed by atoms with E-state index in [1.165, 1.54) is 11.8 Å². The number of aliphatic carboxylic acids is 1. The molecular formula is C12H21N3O5. The zero-order chi connectivity index (χ0) is 15.3. The van der Waals surface area contributed by atoms with Crippen molar-refractivity contribution in [3.05, 3.63) is 0 Å². The van der Waals surface area contributed by atoms with Gasteiger partial charge in [0.2, 0.25) is 5.91 Å². The van der Waals surface area contributed by atoms with E-state index in [2.05, 4.69) is 5.32 Å². The maximum atomic E-state index is 11.9. The monoisotopic (exact) mass is 287 g/mol. The van der Waals surface area contributed by atoms with E-state index in [4.69, 9.17) is 10.8 Å². The number of hydrogen-bond acceptors (Lipinski definition) is 4. The first-order valence-corrected chi connectivity index (χ1v) is 6.47. The van der Waals surface area contributed by atoms with Crippen LogP contribution >= 0.6 is 0 Å². The first-order valence-electron chi connectivity index (χ1n) is 6.47. The second kappa shape index (κ2) is 6.56. The van der Waals surface area contributed by atoms with E-state index in [1.807, 2.05) is 0 Å². The minimum absolute atomic E-state index is 0.171. The summed E-state index contributed by atoms with van der Waals surface area (Å²) in [6.07, 6.45) is 0.888. The van der Waals surface area contributed by atoms with Crippen LogP contribution in [0.15, 0.2) is 0 Å². The summed E-state index contributed by atoms with van der Waals surface area (Å²) in [6.45, 7) is 1.93. The van der Waals surface area contributed by atoms with Crippen LogP contribution < -0.4 is 11.1 Å². The summed E-state index contributed by atoms with van der Waals surface area (Å²) < 4.78 is 0. The van der Waals surface area contributed by atoms with Crippen molar-refractivity contribution in [2.45, 2.75) is 31.8 Å². The normalized spacial score (nSPS) is 21.9. The maximum Gasteiger partial charge on any atom is 0.317 e. The van der Waals surface area contributed by atoms with Crippen LogP contribution in [0.3, 0.4) is 0 Å². The number of nitrogens with zero attached hydrogens (tertiary/aromatic N) is 1. The predicted octanol–water partition coefficient (Wildman–Crippen LogP) is -0.881. The molecule has 0 aromatic carbocycles. The molecule has 1 fully saturated rings. The van der Waals surface area contributed by atoms with Crippen LogP contribution in [0.4, 0.5) is 4.79 Å². The fraction of sp³-hybridized carbons (Fsp3) is 0.750. The molecule has 3 amide bonds. The number of carboxylic acid groups (broad SMARTS) is 1. The SMILES string of the molecule is CC(O)(CNC(=O)N1CCCC(C(N)=O)C1)CC(=O)O. The van der Waals surface area contributed by atoms with E-state index in [-0.39, 0.29) is 19.0 Å². The van der Waals surface area contributed by atoms with Gasteiger partial charge in [-0.15, -0.1) is 0 Å². The van der Waals surface area contributed by atoms with Crippen LogP contribution in [0, 0.1) is 5.92 Å². The van der Waals surface area contributed by atoms with Crippen molar-refractivity contribution in [1.82, 2.24) is 10.2 Å². The molecule has 0 bridgehead atoms. The van der Waals surface area contributed by atoms with Gasteiger partial charge in [0.05, 0.1) is 17.9 Å². The number of carbonyl (C=O) groups is 3. The Balaban J connectivity index is 2.46. The molecule has 0 radical (unpaired) electrons. The first kappa shape index (κ1) is 16.2. The summed E-state index contributed by atoms with van der Waals surface area (Å²) in [5.41, 5.74) is 3.71. The number of amides is 3. The molecule has 114 valence electrons. The standard InChI is InChI=1S/C12H21N3O5/c1-12(20,5-9(16)17)7-14-11(19)15-4-2-3-8(6-15)10(13)18/h8,20H,2-7H2,1H3,(H2,13,18)(H,14,19)(H,16,17). The Hall–Kier alpha value is -1.83. The molecule has 1 heterocycles. The van der Waals surface area contributed by atoms with Gasteiger partial charge in [-0.25, -0.2) is 4.79 Å². The molecule has 1 rings (SSSR count). The van der Waals surface area contributed by atoms with Gasteiger partial charge < -0.3 is 26.2 Å². The van der Waals surface area contributed by atoms with Gasteiger partial charge in [-0.2, -0.15) is 0 Å². The van der Waals surface area contributed by atoms with Crippen molar-refractivity contribution in [3.8, 4) is 0 Å². The maximum absolute atomic E-state index is 11.9. The molecule has 2 atom stereocenters. The number of likely N-dealkylation sites (tertiary alicyclic amines) is 1. The van der Waals surface area contributed by atoms with Crippen LogP contribution in [0.1, 0.15) is 26.2 Å². The van der Waals surface area contributed by atoms with Crippen molar-refractivity contribution < 1.29 is 24.6 Å².